The lowest BCUT2D eigenvalue weighted by molar-refractivity contribution is 0.558. The van der Waals surface area contributed by atoms with E-state index in [9.17, 15) is 12.6 Å². The molecule has 0 saturated carbocycles. The van der Waals surface area contributed by atoms with Crippen molar-refractivity contribution in [2.45, 2.75) is 76.0 Å². The molecular formula is C18H31NO4S2. The minimum Gasteiger partial charge on any atom is -0.302 e. The van der Waals surface area contributed by atoms with E-state index in [1.54, 1.807) is 0 Å². The molecule has 7 heteroatoms. The van der Waals surface area contributed by atoms with Crippen molar-refractivity contribution in [3.05, 3.63) is 24.3 Å². The molecule has 0 aliphatic carbocycles. The topological polar surface area (TPSA) is 83.5 Å². The van der Waals surface area contributed by atoms with Gasteiger partial charge in [0.2, 0.25) is 10.0 Å². The summed E-state index contributed by atoms with van der Waals surface area (Å²) in [6.07, 6.45) is 11.6. The molecule has 0 bridgehead atoms. The first kappa shape index (κ1) is 22.1. The van der Waals surface area contributed by atoms with Gasteiger partial charge in [0, 0.05) is 5.69 Å². The predicted molar refractivity (Wildman–Crippen MR) is 105 cm³/mol. The van der Waals surface area contributed by atoms with Crippen LogP contribution in [0.1, 0.15) is 71.1 Å². The number of benzene rings is 1. The van der Waals surface area contributed by atoms with Gasteiger partial charge >= 0.3 is 0 Å². The van der Waals surface area contributed by atoms with E-state index in [0.717, 1.165) is 12.8 Å². The number of nitrogens with one attached hydrogen (secondary N) is 1. The Kier molecular flexibility index (Phi) is 11.0. The fraction of sp³-hybridized carbons (Fsp3) is 0.667. The lowest BCUT2D eigenvalue weighted by Crippen LogP contribution is -2.16. The second-order valence-corrected chi connectivity index (χ2v) is 9.19. The summed E-state index contributed by atoms with van der Waals surface area (Å²) in [5.74, 6) is 0.108. The fourth-order valence-electron chi connectivity index (χ4n) is 2.65. The van der Waals surface area contributed by atoms with E-state index in [4.69, 9.17) is 4.55 Å². The van der Waals surface area contributed by atoms with Crippen molar-refractivity contribution in [1.82, 2.24) is 0 Å². The Morgan fingerprint density at radius 1 is 0.880 bits per heavy atom. The molecule has 0 heterocycles. The average molecular weight is 390 g/mol. The largest absolute Gasteiger partial charge is 0.302 e. The number of unbranched alkanes of at least 4 members (excludes halogenated alkanes) is 9. The van der Waals surface area contributed by atoms with Crippen LogP contribution < -0.4 is 4.72 Å². The van der Waals surface area contributed by atoms with Crippen LogP contribution in [0.3, 0.4) is 0 Å². The third kappa shape index (κ3) is 10.6. The Morgan fingerprint density at radius 3 is 1.84 bits per heavy atom. The van der Waals surface area contributed by atoms with Crippen molar-refractivity contribution < 1.29 is 17.2 Å². The Balaban J connectivity index is 2.16. The van der Waals surface area contributed by atoms with Gasteiger partial charge in [0.25, 0.3) is 0 Å². The number of sulfonamides is 1. The molecule has 0 saturated heterocycles. The van der Waals surface area contributed by atoms with Crippen LogP contribution >= 0.6 is 0 Å². The first-order valence-electron chi connectivity index (χ1n) is 9.16. The maximum atomic E-state index is 12.0. The second-order valence-electron chi connectivity index (χ2n) is 6.38. The van der Waals surface area contributed by atoms with Crippen LogP contribution in [0.15, 0.2) is 29.2 Å². The molecule has 1 aromatic rings. The van der Waals surface area contributed by atoms with Crippen molar-refractivity contribution in [2.75, 3.05) is 10.5 Å². The number of rotatable bonds is 14. The van der Waals surface area contributed by atoms with E-state index < -0.39 is 21.1 Å². The first-order chi connectivity index (χ1) is 11.9. The van der Waals surface area contributed by atoms with Gasteiger partial charge in [0.1, 0.15) is 0 Å². The van der Waals surface area contributed by atoms with Crippen LogP contribution in [0.5, 0.6) is 0 Å². The SMILES string of the molecule is CCCCCCCCCCCCS(=O)(=O)Nc1ccc(S(=O)O)cc1. The molecule has 0 spiro atoms. The Hall–Kier alpha value is -0.920. The molecule has 1 rings (SSSR count). The Bertz CT molecular complexity index is 600. The third-order valence-corrected chi connectivity index (χ3v) is 6.14. The highest BCUT2D eigenvalue weighted by Crippen LogP contribution is 2.15. The molecular weight excluding hydrogens is 358 g/mol. The molecule has 0 aliphatic rings. The molecule has 144 valence electrons. The second kappa shape index (κ2) is 12.4. The van der Waals surface area contributed by atoms with Gasteiger partial charge in [0.15, 0.2) is 11.1 Å². The van der Waals surface area contributed by atoms with Crippen LogP contribution in [-0.2, 0) is 21.1 Å². The highest BCUT2D eigenvalue weighted by molar-refractivity contribution is 7.92. The zero-order chi connectivity index (χ0) is 18.5. The first-order valence-corrected chi connectivity index (χ1v) is 11.9. The monoisotopic (exact) mass is 389 g/mol. The van der Waals surface area contributed by atoms with E-state index in [1.807, 2.05) is 0 Å². The van der Waals surface area contributed by atoms with Gasteiger partial charge in [-0.05, 0) is 30.7 Å². The normalized spacial score (nSPS) is 12.9. The summed E-state index contributed by atoms with van der Waals surface area (Å²) in [6.45, 7) is 2.22. The van der Waals surface area contributed by atoms with Crippen molar-refractivity contribution in [3.8, 4) is 0 Å². The van der Waals surface area contributed by atoms with Crippen LogP contribution in [0.4, 0.5) is 5.69 Å². The summed E-state index contributed by atoms with van der Waals surface area (Å²) in [4.78, 5) is 0.248. The number of hydrogen-bond acceptors (Lipinski definition) is 3. The highest BCUT2D eigenvalue weighted by Gasteiger charge is 2.10. The molecule has 5 nitrogen and oxygen atoms in total. The van der Waals surface area contributed by atoms with Crippen LogP contribution in [0.25, 0.3) is 0 Å². The van der Waals surface area contributed by atoms with Crippen LogP contribution in [0.2, 0.25) is 0 Å². The van der Waals surface area contributed by atoms with Gasteiger partial charge in [0.05, 0.1) is 10.6 Å². The lowest BCUT2D eigenvalue weighted by Gasteiger charge is -2.08. The molecule has 0 aromatic heterocycles. The summed E-state index contributed by atoms with van der Waals surface area (Å²) in [7, 11) is -3.36. The lowest BCUT2D eigenvalue weighted by atomic mass is 10.1. The van der Waals surface area contributed by atoms with Gasteiger partial charge in [-0.1, -0.05) is 64.7 Å². The molecule has 0 aliphatic heterocycles. The Labute approximate surface area is 154 Å². The van der Waals surface area contributed by atoms with E-state index in [1.165, 1.54) is 69.2 Å². The van der Waals surface area contributed by atoms with E-state index in [0.29, 0.717) is 12.1 Å². The minimum atomic E-state index is -3.36. The standard InChI is InChI=1S/C18H31NO4S2/c1-2-3-4-5-6-7-8-9-10-11-16-25(22,23)19-17-12-14-18(15-13-17)24(20)21/h12-15,19H,2-11,16H2,1H3,(H,20,21). The van der Waals surface area contributed by atoms with Crippen LogP contribution in [0, 0.1) is 0 Å². The fourth-order valence-corrected chi connectivity index (χ4v) is 4.20. The van der Waals surface area contributed by atoms with Gasteiger partial charge < -0.3 is 4.55 Å². The maximum Gasteiger partial charge on any atom is 0.232 e. The molecule has 0 fully saturated rings. The summed E-state index contributed by atoms with van der Waals surface area (Å²) < 4.78 is 46.4. The van der Waals surface area contributed by atoms with Gasteiger partial charge in [-0.2, -0.15) is 0 Å². The zero-order valence-electron chi connectivity index (χ0n) is 15.1. The molecule has 1 atom stereocenters. The predicted octanol–water partition coefficient (Wildman–Crippen LogP) is 4.93. The quantitative estimate of drug-likeness (QED) is 0.349. The zero-order valence-corrected chi connectivity index (χ0v) is 16.7. The summed E-state index contributed by atoms with van der Waals surface area (Å²) in [5.41, 5.74) is 0.418. The van der Waals surface area contributed by atoms with Gasteiger partial charge in [-0.3, -0.25) is 4.72 Å². The van der Waals surface area contributed by atoms with E-state index in [2.05, 4.69) is 11.6 Å². The van der Waals surface area contributed by atoms with Gasteiger partial charge in [-0.25, -0.2) is 12.6 Å². The molecule has 2 N–H and O–H groups in total. The summed E-state index contributed by atoms with van der Waals surface area (Å²) in [5, 5.41) is 0. The van der Waals surface area contributed by atoms with Crippen molar-refractivity contribution in [1.29, 1.82) is 0 Å². The smallest absolute Gasteiger partial charge is 0.232 e. The average Bonchev–Trinajstić information content (AvgIpc) is 2.56. The minimum absolute atomic E-state index is 0.108. The van der Waals surface area contributed by atoms with Crippen LogP contribution in [-0.4, -0.2) is 22.9 Å². The molecule has 1 aromatic carbocycles. The Morgan fingerprint density at radius 2 is 1.36 bits per heavy atom. The van der Waals surface area contributed by atoms with Gasteiger partial charge in [-0.15, -0.1) is 0 Å². The van der Waals surface area contributed by atoms with Crippen molar-refractivity contribution in [2.24, 2.45) is 0 Å². The summed E-state index contributed by atoms with van der Waals surface area (Å²) in [6, 6.07) is 5.88. The molecule has 25 heavy (non-hydrogen) atoms. The number of anilines is 1. The molecule has 0 amide bonds. The number of hydrogen-bond donors (Lipinski definition) is 2. The summed E-state index contributed by atoms with van der Waals surface area (Å²) >= 11 is -2.05. The maximum absolute atomic E-state index is 12.0. The highest BCUT2D eigenvalue weighted by atomic mass is 32.2. The van der Waals surface area contributed by atoms with Crippen molar-refractivity contribution in [3.63, 3.8) is 0 Å². The van der Waals surface area contributed by atoms with E-state index >= 15 is 0 Å². The van der Waals surface area contributed by atoms with E-state index in [-0.39, 0.29) is 10.6 Å². The van der Waals surface area contributed by atoms with Crippen molar-refractivity contribution >= 4 is 26.8 Å². The third-order valence-electron chi connectivity index (χ3n) is 4.10. The molecule has 1 unspecified atom stereocenters. The molecule has 0 radical (unpaired) electrons.